The lowest BCUT2D eigenvalue weighted by molar-refractivity contribution is 0.550. The molecular weight excluding hydrogens is 226 g/mol. The Bertz CT molecular complexity index is 512. The maximum absolute atomic E-state index is 4.11. The van der Waals surface area contributed by atoms with Gasteiger partial charge in [-0.05, 0) is 61.0 Å². The van der Waals surface area contributed by atoms with E-state index >= 15 is 0 Å². The van der Waals surface area contributed by atoms with Gasteiger partial charge in [0, 0.05) is 0 Å². The Balaban J connectivity index is 2.42. The molecule has 1 aromatic carbocycles. The number of hydrogen-bond donors (Lipinski definition) is 1. The summed E-state index contributed by atoms with van der Waals surface area (Å²) in [5.74, 6) is 0.835. The Morgan fingerprint density at radius 2 is 1.89 bits per heavy atom. The van der Waals surface area contributed by atoms with Gasteiger partial charge in [0.15, 0.2) is 5.82 Å². The average Bonchev–Trinajstić information content (AvgIpc) is 2.76. The van der Waals surface area contributed by atoms with E-state index < -0.39 is 0 Å². The van der Waals surface area contributed by atoms with Gasteiger partial charge in [0.05, 0.1) is 11.7 Å². The van der Waals surface area contributed by atoms with Crippen LogP contribution in [0.25, 0.3) is 5.69 Å². The predicted octanol–water partition coefficient (Wildman–Crippen LogP) is 1.95. The summed E-state index contributed by atoms with van der Waals surface area (Å²) < 4.78 is 1.80. The maximum Gasteiger partial charge on any atom is 0.173 e. The van der Waals surface area contributed by atoms with Crippen LogP contribution in [0.4, 0.5) is 0 Å². The first kappa shape index (κ1) is 12.7. The zero-order valence-electron chi connectivity index (χ0n) is 11.3. The van der Waals surface area contributed by atoms with Crippen molar-refractivity contribution in [1.29, 1.82) is 0 Å². The highest BCUT2D eigenvalue weighted by Gasteiger charge is 2.14. The van der Waals surface area contributed by atoms with E-state index in [4.69, 9.17) is 0 Å². The van der Waals surface area contributed by atoms with Gasteiger partial charge in [-0.25, -0.2) is 0 Å². The zero-order valence-corrected chi connectivity index (χ0v) is 11.3. The summed E-state index contributed by atoms with van der Waals surface area (Å²) in [5, 5.41) is 15.3. The first-order valence-corrected chi connectivity index (χ1v) is 6.22. The van der Waals surface area contributed by atoms with Crippen molar-refractivity contribution in [2.24, 2.45) is 0 Å². The molecule has 0 aliphatic heterocycles. The minimum Gasteiger partial charge on any atom is -0.308 e. The van der Waals surface area contributed by atoms with Crippen molar-refractivity contribution in [3.8, 4) is 5.69 Å². The summed E-state index contributed by atoms with van der Waals surface area (Å²) in [5.41, 5.74) is 3.43. The molecule has 1 N–H and O–H groups in total. The first-order valence-electron chi connectivity index (χ1n) is 6.22. The highest BCUT2D eigenvalue weighted by atomic mass is 15.5. The summed E-state index contributed by atoms with van der Waals surface area (Å²) in [4.78, 5) is 0. The van der Waals surface area contributed by atoms with E-state index in [0.29, 0.717) is 0 Å². The fourth-order valence-electron chi connectivity index (χ4n) is 2.12. The van der Waals surface area contributed by atoms with Crippen LogP contribution in [-0.2, 0) is 0 Å². The molecule has 1 aromatic heterocycles. The number of nitrogens with one attached hydrogen (secondary N) is 1. The van der Waals surface area contributed by atoms with Crippen LogP contribution in [0.5, 0.6) is 0 Å². The molecule has 96 valence electrons. The van der Waals surface area contributed by atoms with Gasteiger partial charge in [0.2, 0.25) is 0 Å². The number of hydrogen-bond acceptors (Lipinski definition) is 4. The van der Waals surface area contributed by atoms with Gasteiger partial charge >= 0.3 is 0 Å². The molecule has 5 heteroatoms. The molecule has 0 fully saturated rings. The van der Waals surface area contributed by atoms with Gasteiger partial charge in [0.1, 0.15) is 0 Å². The van der Waals surface area contributed by atoms with Crippen LogP contribution < -0.4 is 5.32 Å². The number of aromatic nitrogens is 4. The fourth-order valence-corrected chi connectivity index (χ4v) is 2.12. The Kier molecular flexibility index (Phi) is 3.72. The van der Waals surface area contributed by atoms with Crippen molar-refractivity contribution in [1.82, 2.24) is 25.5 Å². The lowest BCUT2D eigenvalue weighted by Gasteiger charge is -2.12. The number of nitrogens with zero attached hydrogens (tertiary/aromatic N) is 4. The van der Waals surface area contributed by atoms with Crippen molar-refractivity contribution in [3.05, 3.63) is 35.2 Å². The lowest BCUT2D eigenvalue weighted by Crippen LogP contribution is -2.21. The maximum atomic E-state index is 4.11. The third-order valence-corrected chi connectivity index (χ3v) is 2.84. The molecule has 1 unspecified atom stereocenters. The Morgan fingerprint density at radius 3 is 2.50 bits per heavy atom. The van der Waals surface area contributed by atoms with Crippen molar-refractivity contribution < 1.29 is 0 Å². The number of tetrazole rings is 1. The van der Waals surface area contributed by atoms with E-state index in [-0.39, 0.29) is 6.04 Å². The number of rotatable bonds is 4. The Morgan fingerprint density at radius 1 is 1.22 bits per heavy atom. The summed E-state index contributed by atoms with van der Waals surface area (Å²) in [6.07, 6.45) is 0. The van der Waals surface area contributed by atoms with E-state index in [2.05, 4.69) is 66.7 Å². The van der Waals surface area contributed by atoms with E-state index in [9.17, 15) is 0 Å². The van der Waals surface area contributed by atoms with Crippen molar-refractivity contribution >= 4 is 0 Å². The monoisotopic (exact) mass is 245 g/mol. The van der Waals surface area contributed by atoms with Crippen molar-refractivity contribution in [2.75, 3.05) is 6.54 Å². The van der Waals surface area contributed by atoms with E-state index in [1.165, 1.54) is 11.1 Å². The molecular formula is C13H19N5. The minimum atomic E-state index is 0.130. The molecule has 0 bridgehead atoms. The molecule has 18 heavy (non-hydrogen) atoms. The second-order valence-electron chi connectivity index (χ2n) is 4.57. The van der Waals surface area contributed by atoms with Gasteiger partial charge < -0.3 is 5.32 Å². The largest absolute Gasteiger partial charge is 0.308 e. The van der Waals surface area contributed by atoms with Crippen LogP contribution in [0.1, 0.15) is 36.8 Å². The van der Waals surface area contributed by atoms with Crippen LogP contribution in [0.2, 0.25) is 0 Å². The molecule has 0 aliphatic rings. The zero-order chi connectivity index (χ0) is 13.1. The minimum absolute atomic E-state index is 0.130. The first-order chi connectivity index (χ1) is 8.61. The van der Waals surface area contributed by atoms with Gasteiger partial charge in [-0.3, -0.25) is 0 Å². The standard InChI is InChI=1S/C13H19N5/c1-5-14-11(4)13-15-16-17-18(13)12-7-9(2)6-10(3)8-12/h6-8,11,14H,5H2,1-4H3. The van der Waals surface area contributed by atoms with Gasteiger partial charge in [-0.2, -0.15) is 4.68 Å². The second-order valence-corrected chi connectivity index (χ2v) is 4.57. The summed E-state index contributed by atoms with van der Waals surface area (Å²) >= 11 is 0. The lowest BCUT2D eigenvalue weighted by atomic mass is 10.1. The summed E-state index contributed by atoms with van der Waals surface area (Å²) in [7, 11) is 0. The Hall–Kier alpha value is -1.75. The summed E-state index contributed by atoms with van der Waals surface area (Å²) in [6, 6.07) is 6.45. The average molecular weight is 245 g/mol. The van der Waals surface area contributed by atoms with Crippen LogP contribution in [0.3, 0.4) is 0 Å². The molecule has 0 saturated heterocycles. The van der Waals surface area contributed by atoms with E-state index in [1.54, 1.807) is 4.68 Å². The third-order valence-electron chi connectivity index (χ3n) is 2.84. The number of aryl methyl sites for hydroxylation is 2. The molecule has 1 heterocycles. The molecule has 2 rings (SSSR count). The summed E-state index contributed by atoms with van der Waals surface area (Å²) in [6.45, 7) is 9.18. The highest BCUT2D eigenvalue weighted by molar-refractivity contribution is 5.39. The molecule has 0 spiro atoms. The second kappa shape index (κ2) is 5.27. The van der Waals surface area contributed by atoms with Crippen LogP contribution in [-0.4, -0.2) is 26.8 Å². The molecule has 5 nitrogen and oxygen atoms in total. The molecule has 0 saturated carbocycles. The van der Waals surface area contributed by atoms with Crippen molar-refractivity contribution in [3.63, 3.8) is 0 Å². The number of benzene rings is 1. The SMILES string of the molecule is CCNC(C)c1nnnn1-c1cc(C)cc(C)c1. The predicted molar refractivity (Wildman–Crippen MR) is 70.7 cm³/mol. The van der Waals surface area contributed by atoms with E-state index in [0.717, 1.165) is 18.1 Å². The molecule has 1 atom stereocenters. The van der Waals surface area contributed by atoms with Crippen molar-refractivity contribution in [2.45, 2.75) is 33.7 Å². The molecule has 2 aromatic rings. The van der Waals surface area contributed by atoms with Crippen LogP contribution in [0.15, 0.2) is 18.2 Å². The van der Waals surface area contributed by atoms with E-state index in [1.807, 2.05) is 0 Å². The topological polar surface area (TPSA) is 55.6 Å². The smallest absolute Gasteiger partial charge is 0.173 e. The Labute approximate surface area is 107 Å². The van der Waals surface area contributed by atoms with Crippen LogP contribution >= 0.6 is 0 Å². The fraction of sp³-hybridized carbons (Fsp3) is 0.462. The molecule has 0 amide bonds. The third kappa shape index (κ3) is 2.56. The van der Waals surface area contributed by atoms with Gasteiger partial charge in [-0.1, -0.05) is 13.0 Å². The normalized spacial score (nSPS) is 12.7. The quantitative estimate of drug-likeness (QED) is 0.894. The molecule has 0 radical (unpaired) electrons. The van der Waals surface area contributed by atoms with Crippen LogP contribution in [0, 0.1) is 13.8 Å². The molecule has 0 aliphatic carbocycles. The van der Waals surface area contributed by atoms with Gasteiger partial charge in [-0.15, -0.1) is 5.10 Å². The van der Waals surface area contributed by atoms with Gasteiger partial charge in [0.25, 0.3) is 0 Å². The highest BCUT2D eigenvalue weighted by Crippen LogP contribution is 2.16.